The first-order valence-corrected chi connectivity index (χ1v) is 7.85. The third-order valence-electron chi connectivity index (χ3n) is 4.16. The summed E-state index contributed by atoms with van der Waals surface area (Å²) in [7, 11) is 3.09. The van der Waals surface area contributed by atoms with Gasteiger partial charge in [-0.2, -0.15) is 0 Å². The lowest BCUT2D eigenvalue weighted by atomic mass is 9.93. The minimum Gasteiger partial charge on any atom is -0.504 e. The Bertz CT molecular complexity index is 734. The van der Waals surface area contributed by atoms with Crippen LogP contribution in [0.25, 0.3) is 6.08 Å². The van der Waals surface area contributed by atoms with Gasteiger partial charge in [0, 0.05) is 0 Å². The third kappa shape index (κ3) is 4.22. The zero-order valence-electron chi connectivity index (χ0n) is 14.5. The van der Waals surface area contributed by atoms with Gasteiger partial charge in [0.15, 0.2) is 23.0 Å². The number of benzene rings is 2. The fraction of sp³-hybridized carbons (Fsp3) is 0.300. The second-order valence-corrected chi connectivity index (χ2v) is 5.93. The lowest BCUT2D eigenvalue weighted by molar-refractivity contribution is 0.372. The van der Waals surface area contributed by atoms with Crippen molar-refractivity contribution in [3.63, 3.8) is 0 Å². The van der Waals surface area contributed by atoms with E-state index in [0.29, 0.717) is 17.4 Å². The van der Waals surface area contributed by atoms with Gasteiger partial charge in [-0.1, -0.05) is 30.7 Å². The van der Waals surface area contributed by atoms with E-state index < -0.39 is 0 Å². The van der Waals surface area contributed by atoms with Gasteiger partial charge in [0.1, 0.15) is 0 Å². The zero-order valence-corrected chi connectivity index (χ0v) is 14.5. The number of phenolic OH excluding ortho intramolecular Hbond substituents is 2. The minimum absolute atomic E-state index is 0.136. The van der Waals surface area contributed by atoms with Crippen LogP contribution in [0.3, 0.4) is 0 Å². The van der Waals surface area contributed by atoms with Crippen molar-refractivity contribution < 1.29 is 19.7 Å². The molecule has 4 nitrogen and oxygen atoms in total. The maximum atomic E-state index is 9.68. The number of phenols is 2. The Morgan fingerprint density at radius 2 is 1.58 bits per heavy atom. The summed E-state index contributed by atoms with van der Waals surface area (Å²) < 4.78 is 10.3. The van der Waals surface area contributed by atoms with Crippen LogP contribution in [0.5, 0.6) is 23.0 Å². The average molecular weight is 328 g/mol. The van der Waals surface area contributed by atoms with E-state index in [1.165, 1.54) is 12.7 Å². The molecule has 0 spiro atoms. The molecule has 0 aromatic heterocycles. The molecule has 0 fully saturated rings. The molecule has 4 heteroatoms. The van der Waals surface area contributed by atoms with Crippen molar-refractivity contribution in [3.8, 4) is 23.0 Å². The van der Waals surface area contributed by atoms with Gasteiger partial charge in [-0.25, -0.2) is 0 Å². The lowest BCUT2D eigenvalue weighted by Gasteiger charge is -2.14. The Hall–Kier alpha value is -2.62. The van der Waals surface area contributed by atoms with Crippen LogP contribution in [0.2, 0.25) is 0 Å². The number of hydrogen-bond donors (Lipinski definition) is 2. The van der Waals surface area contributed by atoms with Crippen molar-refractivity contribution in [1.82, 2.24) is 0 Å². The van der Waals surface area contributed by atoms with Gasteiger partial charge in [0.25, 0.3) is 0 Å². The van der Waals surface area contributed by atoms with E-state index in [1.54, 1.807) is 19.2 Å². The molecule has 0 saturated carbocycles. The van der Waals surface area contributed by atoms with Crippen LogP contribution < -0.4 is 9.47 Å². The molecule has 0 unspecified atom stereocenters. The second-order valence-electron chi connectivity index (χ2n) is 5.93. The number of allylic oxidation sites excluding steroid dienone is 1. The minimum atomic E-state index is 0.136. The predicted molar refractivity (Wildman–Crippen MR) is 95.8 cm³/mol. The third-order valence-corrected chi connectivity index (χ3v) is 4.16. The highest BCUT2D eigenvalue weighted by Crippen LogP contribution is 2.30. The fourth-order valence-electron chi connectivity index (χ4n) is 2.55. The number of methoxy groups -OCH3 is 2. The first-order valence-electron chi connectivity index (χ1n) is 7.85. The van der Waals surface area contributed by atoms with Crippen LogP contribution >= 0.6 is 0 Å². The molecule has 2 aromatic carbocycles. The Kier molecular flexibility index (Phi) is 5.74. The van der Waals surface area contributed by atoms with Crippen molar-refractivity contribution in [2.45, 2.75) is 20.3 Å². The standard InChI is InChI=1S/C20H24O4/c1-13(9-15-5-7-17(21)19(11-15)23-3)14(2)10-16-6-8-18(22)20(12-16)24-4/h5-9,11-12,14,21-22H,10H2,1-4H3/b13-9-/t14-/m1/s1. The van der Waals surface area contributed by atoms with Crippen molar-refractivity contribution in [2.75, 3.05) is 14.2 Å². The van der Waals surface area contributed by atoms with E-state index in [9.17, 15) is 10.2 Å². The van der Waals surface area contributed by atoms with E-state index in [2.05, 4.69) is 19.9 Å². The van der Waals surface area contributed by atoms with E-state index in [0.717, 1.165) is 17.5 Å². The highest BCUT2D eigenvalue weighted by Gasteiger charge is 2.10. The van der Waals surface area contributed by atoms with Crippen molar-refractivity contribution >= 4 is 6.08 Å². The summed E-state index contributed by atoms with van der Waals surface area (Å²) >= 11 is 0. The molecule has 0 saturated heterocycles. The van der Waals surface area contributed by atoms with Crippen LogP contribution in [0, 0.1) is 5.92 Å². The molecule has 2 rings (SSSR count). The molecule has 128 valence electrons. The molecule has 0 heterocycles. The molecule has 0 aliphatic carbocycles. The van der Waals surface area contributed by atoms with Crippen molar-refractivity contribution in [3.05, 3.63) is 53.1 Å². The normalized spacial score (nSPS) is 12.8. The van der Waals surface area contributed by atoms with Gasteiger partial charge in [-0.3, -0.25) is 0 Å². The summed E-state index contributed by atoms with van der Waals surface area (Å²) in [5.74, 6) is 1.56. The van der Waals surface area contributed by atoms with Gasteiger partial charge >= 0.3 is 0 Å². The molecule has 0 amide bonds. The van der Waals surface area contributed by atoms with E-state index in [4.69, 9.17) is 9.47 Å². The summed E-state index contributed by atoms with van der Waals surface area (Å²) in [5, 5.41) is 19.3. The molecule has 0 bridgehead atoms. The molecule has 1 atom stereocenters. The van der Waals surface area contributed by atoms with E-state index >= 15 is 0 Å². The van der Waals surface area contributed by atoms with E-state index in [-0.39, 0.29) is 11.5 Å². The quantitative estimate of drug-likeness (QED) is 0.825. The Balaban J connectivity index is 2.15. The zero-order chi connectivity index (χ0) is 17.7. The number of aromatic hydroxyl groups is 2. The molecular weight excluding hydrogens is 304 g/mol. The molecule has 0 aliphatic heterocycles. The van der Waals surface area contributed by atoms with Gasteiger partial charge in [0.05, 0.1) is 14.2 Å². The molecule has 24 heavy (non-hydrogen) atoms. The number of ether oxygens (including phenoxy) is 2. The Morgan fingerprint density at radius 1 is 1.00 bits per heavy atom. The van der Waals surface area contributed by atoms with Gasteiger partial charge < -0.3 is 19.7 Å². The molecular formula is C20H24O4. The molecule has 2 N–H and O–H groups in total. The first-order chi connectivity index (χ1) is 11.4. The van der Waals surface area contributed by atoms with E-state index in [1.807, 2.05) is 24.3 Å². The SMILES string of the molecule is COc1cc(/C=C(/C)[C@H](C)Cc2ccc(O)c(OC)c2)ccc1O. The van der Waals surface area contributed by atoms with Gasteiger partial charge in [-0.15, -0.1) is 0 Å². The summed E-state index contributed by atoms with van der Waals surface area (Å²) in [5.41, 5.74) is 3.31. The monoisotopic (exact) mass is 328 g/mol. The van der Waals surface area contributed by atoms with Crippen molar-refractivity contribution in [2.24, 2.45) is 5.92 Å². The fourth-order valence-corrected chi connectivity index (χ4v) is 2.55. The molecule has 0 radical (unpaired) electrons. The molecule has 2 aromatic rings. The smallest absolute Gasteiger partial charge is 0.161 e. The maximum absolute atomic E-state index is 9.68. The van der Waals surface area contributed by atoms with Crippen molar-refractivity contribution in [1.29, 1.82) is 0 Å². The highest BCUT2D eigenvalue weighted by atomic mass is 16.5. The highest BCUT2D eigenvalue weighted by molar-refractivity contribution is 5.58. The predicted octanol–water partition coefficient (Wildman–Crippen LogP) is 4.40. The van der Waals surface area contributed by atoms with Crippen LogP contribution in [0.15, 0.2) is 42.0 Å². The van der Waals surface area contributed by atoms with Crippen LogP contribution in [0.1, 0.15) is 25.0 Å². The Morgan fingerprint density at radius 3 is 2.21 bits per heavy atom. The second kappa shape index (κ2) is 7.77. The average Bonchev–Trinajstić information content (AvgIpc) is 2.58. The maximum Gasteiger partial charge on any atom is 0.161 e. The van der Waals surface area contributed by atoms with Crippen LogP contribution in [0.4, 0.5) is 0 Å². The van der Waals surface area contributed by atoms with Crippen LogP contribution in [-0.2, 0) is 6.42 Å². The largest absolute Gasteiger partial charge is 0.504 e. The summed E-state index contributed by atoms with van der Waals surface area (Å²) in [6, 6.07) is 10.7. The summed E-state index contributed by atoms with van der Waals surface area (Å²) in [6.45, 7) is 4.24. The summed E-state index contributed by atoms with van der Waals surface area (Å²) in [6.07, 6.45) is 2.93. The van der Waals surface area contributed by atoms with Gasteiger partial charge in [-0.05, 0) is 54.7 Å². The lowest BCUT2D eigenvalue weighted by Crippen LogP contribution is -2.01. The first kappa shape index (κ1) is 17.7. The topological polar surface area (TPSA) is 58.9 Å². The van der Waals surface area contributed by atoms with Gasteiger partial charge in [0.2, 0.25) is 0 Å². The number of hydrogen-bond acceptors (Lipinski definition) is 4. The Labute approximate surface area is 143 Å². The number of rotatable bonds is 6. The summed E-state index contributed by atoms with van der Waals surface area (Å²) in [4.78, 5) is 0. The van der Waals surface area contributed by atoms with Crippen LogP contribution in [-0.4, -0.2) is 24.4 Å². The molecule has 0 aliphatic rings.